The highest BCUT2D eigenvalue weighted by Gasteiger charge is 2.44. The normalized spacial score (nSPS) is 14.8. The third-order valence-electron chi connectivity index (χ3n) is 5.93. The summed E-state index contributed by atoms with van der Waals surface area (Å²) in [6.07, 6.45) is 0.559. The third-order valence-corrected chi connectivity index (χ3v) is 5.93. The van der Waals surface area contributed by atoms with Crippen molar-refractivity contribution in [1.82, 2.24) is 9.88 Å². The van der Waals surface area contributed by atoms with Crippen molar-refractivity contribution in [1.29, 1.82) is 0 Å². The lowest BCUT2D eigenvalue weighted by Crippen LogP contribution is -2.47. The fourth-order valence-electron chi connectivity index (χ4n) is 4.45. The number of rotatable bonds is 5. The first-order chi connectivity index (χ1) is 13.4. The van der Waals surface area contributed by atoms with Crippen LogP contribution in [0.5, 0.6) is 0 Å². The maximum Gasteiger partial charge on any atom is 0.276 e. The molecule has 6 heteroatoms. The van der Waals surface area contributed by atoms with Crippen LogP contribution in [-0.4, -0.2) is 16.4 Å². The molecule has 0 radical (unpaired) electrons. The standard InChI is InChI=1S/C22H23N3O3/c1-24-17-9-5-6-10-18(17)25(2)19(24)14-23-21(28)22(13-20(26)27)11-15-7-3-4-8-16(15)12-22/h3-10H,11-14H2,1-2H3,(H-,23,26,27,28). The second-order valence-corrected chi connectivity index (χ2v) is 7.66. The topological polar surface area (TPSA) is 78.0 Å². The Morgan fingerprint density at radius 2 is 1.71 bits per heavy atom. The van der Waals surface area contributed by atoms with Gasteiger partial charge in [0.05, 0.1) is 19.5 Å². The van der Waals surface area contributed by atoms with Gasteiger partial charge in [-0.3, -0.25) is 4.79 Å². The summed E-state index contributed by atoms with van der Waals surface area (Å²) < 4.78 is 4.09. The highest BCUT2D eigenvalue weighted by Crippen LogP contribution is 2.40. The van der Waals surface area contributed by atoms with Crippen LogP contribution in [0.4, 0.5) is 0 Å². The van der Waals surface area contributed by atoms with E-state index in [4.69, 9.17) is 0 Å². The molecule has 28 heavy (non-hydrogen) atoms. The van der Waals surface area contributed by atoms with Crippen LogP contribution < -0.4 is 15.0 Å². The van der Waals surface area contributed by atoms with Crippen molar-refractivity contribution in [2.24, 2.45) is 19.5 Å². The van der Waals surface area contributed by atoms with E-state index in [2.05, 4.69) is 5.32 Å². The molecule has 0 saturated heterocycles. The van der Waals surface area contributed by atoms with Gasteiger partial charge in [-0.05, 0) is 36.1 Å². The van der Waals surface area contributed by atoms with Gasteiger partial charge in [0.25, 0.3) is 5.82 Å². The first-order valence-electron chi connectivity index (χ1n) is 9.38. The fraction of sp³-hybridized carbons (Fsp3) is 0.318. The van der Waals surface area contributed by atoms with Gasteiger partial charge in [-0.15, -0.1) is 0 Å². The second kappa shape index (κ2) is 6.78. The highest BCUT2D eigenvalue weighted by molar-refractivity contribution is 5.88. The van der Waals surface area contributed by atoms with Crippen molar-refractivity contribution in [3.05, 3.63) is 65.5 Å². The Bertz CT molecular complexity index is 1020. The monoisotopic (exact) mass is 377 g/mol. The molecule has 3 aromatic rings. The summed E-state index contributed by atoms with van der Waals surface area (Å²) in [5.74, 6) is -0.495. The highest BCUT2D eigenvalue weighted by atomic mass is 16.4. The number of hydrogen-bond donors (Lipinski definition) is 1. The average Bonchev–Trinajstić information content (AvgIpc) is 3.16. The first-order valence-corrected chi connectivity index (χ1v) is 9.38. The molecule has 0 atom stereocenters. The molecule has 0 bridgehead atoms. The van der Waals surface area contributed by atoms with Crippen molar-refractivity contribution >= 4 is 22.9 Å². The lowest BCUT2D eigenvalue weighted by molar-refractivity contribution is -0.654. The molecule has 0 fully saturated rings. The fourth-order valence-corrected chi connectivity index (χ4v) is 4.45. The Balaban J connectivity index is 1.59. The number of aryl methyl sites for hydroxylation is 2. The van der Waals surface area contributed by atoms with Crippen molar-refractivity contribution < 1.29 is 19.3 Å². The summed E-state index contributed by atoms with van der Waals surface area (Å²) in [5, 5.41) is 14.4. The Morgan fingerprint density at radius 1 is 1.11 bits per heavy atom. The largest absolute Gasteiger partial charge is 0.550 e. The number of aliphatic carboxylic acids is 1. The van der Waals surface area contributed by atoms with Crippen LogP contribution in [0.3, 0.4) is 0 Å². The van der Waals surface area contributed by atoms with E-state index in [0.29, 0.717) is 19.4 Å². The van der Waals surface area contributed by atoms with Crippen molar-refractivity contribution in [2.45, 2.75) is 25.8 Å². The number of carbonyl (C=O) groups is 2. The molecule has 1 N–H and O–H groups in total. The maximum atomic E-state index is 13.2. The zero-order valence-corrected chi connectivity index (χ0v) is 16.1. The van der Waals surface area contributed by atoms with E-state index in [1.807, 2.05) is 71.8 Å². The van der Waals surface area contributed by atoms with Gasteiger partial charge in [-0.2, -0.15) is 0 Å². The SMILES string of the molecule is Cn1c(CNC(=O)C2(CC(=O)[O-])Cc3ccccc3C2)[n+](C)c2ccccc21. The van der Waals surface area contributed by atoms with Crippen LogP contribution in [0.2, 0.25) is 0 Å². The molecule has 0 saturated carbocycles. The lowest BCUT2D eigenvalue weighted by atomic mass is 9.80. The van der Waals surface area contributed by atoms with E-state index in [1.54, 1.807) is 0 Å². The number of nitrogens with zero attached hydrogens (tertiary/aromatic N) is 2. The van der Waals surface area contributed by atoms with Crippen LogP contribution >= 0.6 is 0 Å². The van der Waals surface area contributed by atoms with Crippen molar-refractivity contribution in [2.75, 3.05) is 0 Å². The Labute approximate surface area is 163 Å². The minimum absolute atomic E-state index is 0.238. The van der Waals surface area contributed by atoms with Crippen LogP contribution in [0, 0.1) is 5.41 Å². The molecule has 1 heterocycles. The van der Waals surface area contributed by atoms with Gasteiger partial charge < -0.3 is 15.2 Å². The molecule has 6 nitrogen and oxygen atoms in total. The molecule has 1 aliphatic rings. The van der Waals surface area contributed by atoms with E-state index in [-0.39, 0.29) is 12.3 Å². The summed E-state index contributed by atoms with van der Waals surface area (Å²) in [4.78, 5) is 24.6. The van der Waals surface area contributed by atoms with E-state index in [9.17, 15) is 14.7 Å². The smallest absolute Gasteiger partial charge is 0.276 e. The quantitative estimate of drug-likeness (QED) is 0.660. The number of benzene rings is 2. The van der Waals surface area contributed by atoms with Gasteiger partial charge in [-0.1, -0.05) is 36.4 Å². The summed E-state index contributed by atoms with van der Waals surface area (Å²) in [6.45, 7) is 0.325. The number of hydrogen-bond acceptors (Lipinski definition) is 3. The molecular weight excluding hydrogens is 354 g/mol. The Morgan fingerprint density at radius 3 is 2.32 bits per heavy atom. The molecule has 2 aromatic carbocycles. The van der Waals surface area contributed by atoms with Crippen molar-refractivity contribution in [3.8, 4) is 0 Å². The van der Waals surface area contributed by atoms with Gasteiger partial charge in [0.1, 0.15) is 6.54 Å². The van der Waals surface area contributed by atoms with Crippen molar-refractivity contribution in [3.63, 3.8) is 0 Å². The molecule has 0 spiro atoms. The summed E-state index contributed by atoms with van der Waals surface area (Å²) >= 11 is 0. The number of nitrogens with one attached hydrogen (secondary N) is 1. The van der Waals surface area contributed by atoms with E-state index in [1.165, 1.54) is 0 Å². The summed E-state index contributed by atoms with van der Waals surface area (Å²) in [7, 11) is 3.93. The van der Waals surface area contributed by atoms with Gasteiger partial charge >= 0.3 is 0 Å². The average molecular weight is 377 g/mol. The van der Waals surface area contributed by atoms with E-state index in [0.717, 1.165) is 28.0 Å². The molecule has 144 valence electrons. The maximum absolute atomic E-state index is 13.2. The minimum atomic E-state index is -1.20. The number of para-hydroxylation sites is 2. The van der Waals surface area contributed by atoms with Crippen LogP contribution in [0.15, 0.2) is 48.5 Å². The van der Waals surface area contributed by atoms with Crippen LogP contribution in [0.25, 0.3) is 11.0 Å². The predicted octanol–water partition coefficient (Wildman–Crippen LogP) is 0.544. The lowest BCUT2D eigenvalue weighted by Gasteiger charge is -2.28. The molecule has 1 aliphatic carbocycles. The van der Waals surface area contributed by atoms with E-state index < -0.39 is 11.4 Å². The molecule has 1 amide bonds. The Kier molecular flexibility index (Phi) is 4.41. The zero-order chi connectivity index (χ0) is 19.9. The number of fused-ring (bicyclic) bond motifs is 2. The first kappa shape index (κ1) is 18.2. The zero-order valence-electron chi connectivity index (χ0n) is 16.1. The number of carboxylic acids is 1. The summed E-state index contributed by atoms with van der Waals surface area (Å²) in [5.41, 5.74) is 3.23. The predicted molar refractivity (Wildman–Crippen MR) is 102 cm³/mol. The number of aromatic nitrogens is 2. The molecular formula is C22H23N3O3. The minimum Gasteiger partial charge on any atom is -0.550 e. The second-order valence-electron chi connectivity index (χ2n) is 7.66. The van der Waals surface area contributed by atoms with Gasteiger partial charge in [0.2, 0.25) is 5.91 Å². The molecule has 0 aliphatic heterocycles. The van der Waals surface area contributed by atoms with Gasteiger partial charge in [0, 0.05) is 12.4 Å². The summed E-state index contributed by atoms with van der Waals surface area (Å²) in [6, 6.07) is 15.8. The van der Waals surface area contributed by atoms with Gasteiger partial charge in [-0.25, -0.2) is 9.13 Å². The van der Waals surface area contributed by atoms with Crippen LogP contribution in [-0.2, 0) is 43.1 Å². The Hall–Kier alpha value is -3.15. The van der Waals surface area contributed by atoms with E-state index >= 15 is 0 Å². The number of imidazole rings is 1. The number of carbonyl (C=O) groups excluding carboxylic acids is 2. The molecule has 1 aromatic heterocycles. The molecule has 4 rings (SSSR count). The van der Waals surface area contributed by atoms with Crippen LogP contribution in [0.1, 0.15) is 23.4 Å². The number of amides is 1. The third kappa shape index (κ3) is 2.95. The molecule has 0 unspecified atom stereocenters. The number of carboxylic acid groups (broad SMARTS) is 1. The van der Waals surface area contributed by atoms with Gasteiger partial charge in [0.15, 0.2) is 11.0 Å².